The minimum atomic E-state index is -0.152. The second-order valence-electron chi connectivity index (χ2n) is 7.89. The van der Waals surface area contributed by atoms with E-state index in [4.69, 9.17) is 0 Å². The van der Waals surface area contributed by atoms with Crippen LogP contribution in [0.5, 0.6) is 0 Å². The molecule has 0 aromatic heterocycles. The minimum absolute atomic E-state index is 0. The first kappa shape index (κ1) is 30.6. The quantitative estimate of drug-likeness (QED) is 0.247. The highest BCUT2D eigenvalue weighted by Gasteiger charge is 2.07. The van der Waals surface area contributed by atoms with Gasteiger partial charge in [0.15, 0.2) is 0 Å². The van der Waals surface area contributed by atoms with Crippen LogP contribution in [0, 0.1) is 11.7 Å². The Balaban J connectivity index is 0. The highest BCUT2D eigenvalue weighted by molar-refractivity contribution is 5.19. The fourth-order valence-electron chi connectivity index (χ4n) is 3.03. The number of rotatable bonds is 13. The molecule has 1 aromatic rings. The summed E-state index contributed by atoms with van der Waals surface area (Å²) in [6.07, 6.45) is 16.3. The predicted octanol–water partition coefficient (Wildman–Crippen LogP) is 8.94. The fraction of sp³-hybridized carbons (Fsp3) is 0.630. The highest BCUT2D eigenvalue weighted by atomic mass is 19.1. The Morgan fingerprint density at radius 3 is 2.00 bits per heavy atom. The van der Waals surface area contributed by atoms with Crippen molar-refractivity contribution in [2.24, 2.45) is 5.92 Å². The summed E-state index contributed by atoms with van der Waals surface area (Å²) in [6, 6.07) is 6.94. The van der Waals surface area contributed by atoms with Crippen molar-refractivity contribution >= 4 is 0 Å². The Kier molecular flexibility index (Phi) is 21.1. The number of hydrogen-bond donors (Lipinski definition) is 2. The van der Waals surface area contributed by atoms with Gasteiger partial charge in [-0.1, -0.05) is 90.5 Å². The van der Waals surface area contributed by atoms with Gasteiger partial charge in [-0.2, -0.15) is 0 Å². The van der Waals surface area contributed by atoms with Crippen LogP contribution in [0.2, 0.25) is 0 Å². The molecule has 2 atom stereocenters. The molecule has 1 aliphatic carbocycles. The van der Waals surface area contributed by atoms with Gasteiger partial charge in [0.25, 0.3) is 0 Å². The maximum Gasteiger partial charge on any atom is 0.123 e. The second-order valence-corrected chi connectivity index (χ2v) is 7.89. The Labute approximate surface area is 187 Å². The molecule has 0 saturated heterocycles. The maximum atomic E-state index is 12.9. The average Bonchev–Trinajstić information content (AvgIpc) is 3.63. The Morgan fingerprint density at radius 2 is 1.53 bits per heavy atom. The van der Waals surface area contributed by atoms with Gasteiger partial charge in [0.1, 0.15) is 5.82 Å². The largest absolute Gasteiger partial charge is 0.392 e. The number of allylic oxidation sites excluding steroid dienone is 2. The van der Waals surface area contributed by atoms with Crippen molar-refractivity contribution in [3.63, 3.8) is 0 Å². The molecular weight excluding hydrogens is 371 g/mol. The summed E-state index contributed by atoms with van der Waals surface area (Å²) in [6.45, 7) is 14.2. The number of unbranched alkanes of at least 4 members (excludes halogenated alkanes) is 3. The van der Waals surface area contributed by atoms with Crippen molar-refractivity contribution < 1.29 is 4.39 Å². The van der Waals surface area contributed by atoms with E-state index in [0.717, 1.165) is 18.5 Å². The first-order chi connectivity index (χ1) is 14.1. The fourth-order valence-corrected chi connectivity index (χ4v) is 3.03. The van der Waals surface area contributed by atoms with Gasteiger partial charge in [0, 0.05) is 12.7 Å². The van der Waals surface area contributed by atoms with Gasteiger partial charge in [-0.15, -0.1) is 6.58 Å². The Morgan fingerprint density at radius 1 is 1.00 bits per heavy atom. The summed E-state index contributed by atoms with van der Waals surface area (Å²) < 4.78 is 12.9. The van der Waals surface area contributed by atoms with E-state index in [-0.39, 0.29) is 12.0 Å². The van der Waals surface area contributed by atoms with Gasteiger partial charge < -0.3 is 11.5 Å². The van der Waals surface area contributed by atoms with Gasteiger partial charge in [0.05, 0.1) is 0 Å². The van der Waals surface area contributed by atoms with E-state index in [2.05, 4.69) is 31.5 Å². The zero-order valence-corrected chi connectivity index (χ0v) is 20.3. The lowest BCUT2D eigenvalue weighted by Crippen LogP contribution is -2.06. The number of halogens is 1. The minimum Gasteiger partial charge on any atom is -0.392 e. The molecule has 0 bridgehead atoms. The number of nitrogens with one attached hydrogen (secondary N) is 1. The van der Waals surface area contributed by atoms with Crippen LogP contribution < -0.4 is 11.5 Å². The van der Waals surface area contributed by atoms with Crippen molar-refractivity contribution in [1.82, 2.24) is 11.5 Å². The van der Waals surface area contributed by atoms with E-state index in [9.17, 15) is 4.39 Å². The van der Waals surface area contributed by atoms with E-state index >= 15 is 0 Å². The van der Waals surface area contributed by atoms with Crippen molar-refractivity contribution in [3.8, 4) is 0 Å². The predicted molar refractivity (Wildman–Crippen MR) is 134 cm³/mol. The summed E-state index contributed by atoms with van der Waals surface area (Å²) in [5, 5.41) is 3.11. The third-order valence-electron chi connectivity index (χ3n) is 5.26. The molecule has 30 heavy (non-hydrogen) atoms. The summed E-state index contributed by atoms with van der Waals surface area (Å²) in [4.78, 5) is 0. The molecule has 0 radical (unpaired) electrons. The normalized spacial score (nSPS) is 13.2. The van der Waals surface area contributed by atoms with Crippen LogP contribution in [-0.2, 0) is 0 Å². The van der Waals surface area contributed by atoms with Crippen molar-refractivity contribution in [2.45, 2.75) is 97.3 Å². The summed E-state index contributed by atoms with van der Waals surface area (Å²) in [5.74, 6) is 0.966. The molecular formula is C27H49FN2. The second kappa shape index (κ2) is 20.7. The highest BCUT2D eigenvalue weighted by Crippen LogP contribution is 2.23. The third-order valence-corrected chi connectivity index (χ3v) is 5.26. The summed E-state index contributed by atoms with van der Waals surface area (Å²) in [5.41, 5.74) is 2.35. The van der Waals surface area contributed by atoms with Crippen LogP contribution in [0.15, 0.2) is 49.2 Å². The first-order valence-corrected chi connectivity index (χ1v) is 11.8. The molecule has 174 valence electrons. The van der Waals surface area contributed by atoms with Crippen molar-refractivity contribution in [1.29, 1.82) is 0 Å². The molecule has 1 saturated carbocycles. The van der Waals surface area contributed by atoms with Crippen molar-refractivity contribution in [2.75, 3.05) is 7.05 Å². The Bertz CT molecular complexity index is 519. The van der Waals surface area contributed by atoms with Crippen LogP contribution in [-0.4, -0.2) is 7.05 Å². The molecule has 0 spiro atoms. The first-order valence-electron chi connectivity index (χ1n) is 11.8. The van der Waals surface area contributed by atoms with Gasteiger partial charge in [-0.3, -0.25) is 0 Å². The SMILES string of the molecule is C1CC1.C=CC(CCCCCCC(C)c1ccc(F)cc1)CCC(=C)NC.CC.N. The van der Waals surface area contributed by atoms with Gasteiger partial charge in [0.2, 0.25) is 0 Å². The molecule has 1 aromatic carbocycles. The monoisotopic (exact) mass is 420 g/mol. The van der Waals surface area contributed by atoms with E-state index in [0.29, 0.717) is 11.8 Å². The summed E-state index contributed by atoms with van der Waals surface area (Å²) in [7, 11) is 1.93. The molecule has 2 unspecified atom stereocenters. The van der Waals surface area contributed by atoms with E-state index in [1.54, 1.807) is 12.1 Å². The van der Waals surface area contributed by atoms with Crippen LogP contribution >= 0.6 is 0 Å². The number of hydrogen-bond acceptors (Lipinski definition) is 2. The van der Waals surface area contributed by atoms with Crippen LogP contribution in [0.3, 0.4) is 0 Å². The molecule has 0 aliphatic heterocycles. The van der Waals surface area contributed by atoms with Crippen molar-refractivity contribution in [3.05, 3.63) is 60.6 Å². The Hall–Kier alpha value is -1.61. The molecule has 4 N–H and O–H groups in total. The van der Waals surface area contributed by atoms with Crippen LogP contribution in [0.1, 0.15) is 103 Å². The van der Waals surface area contributed by atoms with Gasteiger partial charge >= 0.3 is 0 Å². The topological polar surface area (TPSA) is 47.0 Å². The van der Waals surface area contributed by atoms with E-state index in [1.165, 1.54) is 63.4 Å². The van der Waals surface area contributed by atoms with Gasteiger partial charge in [-0.25, -0.2) is 4.39 Å². The molecule has 0 amide bonds. The third kappa shape index (κ3) is 17.3. The lowest BCUT2D eigenvalue weighted by Gasteiger charge is -2.14. The molecule has 1 aliphatic rings. The van der Waals surface area contributed by atoms with Gasteiger partial charge in [-0.05, 0) is 55.2 Å². The lowest BCUT2D eigenvalue weighted by molar-refractivity contribution is 0.486. The molecule has 1 fully saturated rings. The number of benzene rings is 1. The standard InChI is InChI=1S/C22H34FN.C3H6.C2H6.H3N/c1-5-20(13-12-19(3)24-4)11-9-7-6-8-10-18(2)21-14-16-22(23)17-15-21;1-2-3-1;1-2;/h5,14-18,20,24H,1,3,6-13H2,2,4H3;1-3H2;1-2H3;1H3. The smallest absolute Gasteiger partial charge is 0.123 e. The zero-order chi connectivity index (χ0) is 21.9. The van der Waals surface area contributed by atoms with Crippen LogP contribution in [0.4, 0.5) is 4.39 Å². The lowest BCUT2D eigenvalue weighted by atomic mass is 9.93. The molecule has 3 heteroatoms. The summed E-state index contributed by atoms with van der Waals surface area (Å²) >= 11 is 0. The van der Waals surface area contributed by atoms with Crippen LogP contribution in [0.25, 0.3) is 0 Å². The molecule has 0 heterocycles. The van der Waals surface area contributed by atoms with E-state index < -0.39 is 0 Å². The zero-order valence-electron chi connectivity index (χ0n) is 20.3. The molecule has 2 rings (SSSR count). The average molecular weight is 421 g/mol. The molecule has 2 nitrogen and oxygen atoms in total. The maximum absolute atomic E-state index is 12.9. The van der Waals surface area contributed by atoms with E-state index in [1.807, 2.05) is 33.0 Å².